The van der Waals surface area contributed by atoms with Crippen LogP contribution in [0.25, 0.3) is 32.9 Å². The monoisotopic (exact) mass is 450 g/mol. The molecule has 1 amide bonds. The number of carbonyl (C=O) groups is 2. The molecule has 1 saturated heterocycles. The van der Waals surface area contributed by atoms with Crippen molar-refractivity contribution in [1.82, 2.24) is 9.88 Å². The second kappa shape index (κ2) is 6.07. The van der Waals surface area contributed by atoms with Crippen LogP contribution < -0.4 is 5.32 Å². The first-order valence-electron chi connectivity index (χ1n) is 12.0. The molecule has 6 nitrogen and oxygen atoms in total. The number of carbonyl (C=O) groups excluding carboxylic acids is 2. The van der Waals surface area contributed by atoms with Crippen molar-refractivity contribution in [2.45, 2.75) is 44.1 Å². The lowest BCUT2D eigenvalue weighted by atomic mass is 9.77. The molecule has 4 aliphatic rings. The Morgan fingerprint density at radius 3 is 2.88 bits per heavy atom. The van der Waals surface area contributed by atoms with Crippen molar-refractivity contribution in [1.29, 1.82) is 0 Å². The first-order chi connectivity index (χ1) is 16.7. The molecule has 168 valence electrons. The van der Waals surface area contributed by atoms with E-state index in [1.54, 1.807) is 0 Å². The summed E-state index contributed by atoms with van der Waals surface area (Å²) in [5.41, 5.74) is 6.92. The summed E-state index contributed by atoms with van der Waals surface area (Å²) in [6, 6.07) is 16.5. The Morgan fingerprint density at radius 2 is 2.00 bits per heavy atom. The molecule has 8 rings (SSSR count). The standard InChI is InChI=1S/C28H22N2O4/c1-2-33-27(32)28-12-11-19(34-28)30-18-10-6-5-9-16(18)20-17-13-29-26(31)22(17)21-14-7-3-4-8-15(14)24(28)23(21)25(20)30/h3-10,19,24H,2,11-13H2,1H3,(H,29,31). The molecule has 1 aliphatic carbocycles. The summed E-state index contributed by atoms with van der Waals surface area (Å²) >= 11 is 0. The highest BCUT2D eigenvalue weighted by Gasteiger charge is 2.60. The highest BCUT2D eigenvalue weighted by molar-refractivity contribution is 6.21. The quantitative estimate of drug-likeness (QED) is 0.447. The minimum absolute atomic E-state index is 0.0454. The molecule has 6 heteroatoms. The number of hydrogen-bond acceptors (Lipinski definition) is 4. The fraction of sp³-hybridized carbons (Fsp3) is 0.286. The van der Waals surface area contributed by atoms with Crippen molar-refractivity contribution in [3.05, 3.63) is 70.8 Å². The molecule has 0 spiro atoms. The van der Waals surface area contributed by atoms with E-state index >= 15 is 0 Å². The van der Waals surface area contributed by atoms with Gasteiger partial charge in [0.2, 0.25) is 0 Å². The van der Waals surface area contributed by atoms with Crippen LogP contribution in [-0.2, 0) is 20.8 Å². The fourth-order valence-electron chi connectivity index (χ4n) is 7.14. The predicted molar refractivity (Wildman–Crippen MR) is 127 cm³/mol. The number of aromatic nitrogens is 1. The molecule has 34 heavy (non-hydrogen) atoms. The van der Waals surface area contributed by atoms with E-state index in [4.69, 9.17) is 9.47 Å². The Bertz CT molecular complexity index is 1620. The topological polar surface area (TPSA) is 69.6 Å². The van der Waals surface area contributed by atoms with E-state index in [0.29, 0.717) is 19.6 Å². The van der Waals surface area contributed by atoms with Crippen LogP contribution in [0.3, 0.4) is 0 Å². The Hall–Kier alpha value is -3.64. The summed E-state index contributed by atoms with van der Waals surface area (Å²) in [6.07, 6.45) is 1.04. The Labute approximate surface area is 195 Å². The van der Waals surface area contributed by atoms with Crippen molar-refractivity contribution in [2.75, 3.05) is 6.61 Å². The first-order valence-corrected chi connectivity index (χ1v) is 12.0. The number of hydrogen-bond donors (Lipinski definition) is 1. The van der Waals surface area contributed by atoms with Gasteiger partial charge in [-0.2, -0.15) is 0 Å². The van der Waals surface area contributed by atoms with Gasteiger partial charge >= 0.3 is 5.97 Å². The molecule has 3 unspecified atom stereocenters. The van der Waals surface area contributed by atoms with Crippen molar-refractivity contribution in [3.63, 3.8) is 0 Å². The number of para-hydroxylation sites is 1. The molecule has 3 aliphatic heterocycles. The van der Waals surface area contributed by atoms with Crippen LogP contribution in [0, 0.1) is 0 Å². The molecule has 1 aromatic heterocycles. The highest BCUT2D eigenvalue weighted by atomic mass is 16.6. The van der Waals surface area contributed by atoms with Crippen LogP contribution in [0.5, 0.6) is 0 Å². The number of amides is 1. The summed E-state index contributed by atoms with van der Waals surface area (Å²) in [6.45, 7) is 2.64. The number of ether oxygens (including phenoxy) is 2. The number of benzene rings is 3. The minimum Gasteiger partial charge on any atom is -0.464 e. The predicted octanol–water partition coefficient (Wildman–Crippen LogP) is 4.77. The zero-order valence-corrected chi connectivity index (χ0v) is 18.7. The van der Waals surface area contributed by atoms with Crippen molar-refractivity contribution < 1.29 is 19.1 Å². The average molecular weight is 450 g/mol. The molecule has 4 heterocycles. The highest BCUT2D eigenvalue weighted by Crippen LogP contribution is 2.63. The summed E-state index contributed by atoms with van der Waals surface area (Å²) in [5, 5.41) is 5.32. The maximum absolute atomic E-state index is 13.7. The molecule has 1 fully saturated rings. The summed E-state index contributed by atoms with van der Waals surface area (Å²) in [7, 11) is 0. The van der Waals surface area contributed by atoms with Crippen LogP contribution >= 0.6 is 0 Å². The van der Waals surface area contributed by atoms with Gasteiger partial charge in [-0.3, -0.25) is 4.79 Å². The molecule has 4 aromatic rings. The lowest BCUT2D eigenvalue weighted by Crippen LogP contribution is -2.45. The van der Waals surface area contributed by atoms with Gasteiger partial charge in [0.1, 0.15) is 6.23 Å². The molecular weight excluding hydrogens is 428 g/mol. The summed E-state index contributed by atoms with van der Waals surface area (Å²) < 4.78 is 14.7. The maximum atomic E-state index is 13.7. The van der Waals surface area contributed by atoms with Crippen molar-refractivity contribution >= 4 is 33.7 Å². The van der Waals surface area contributed by atoms with Crippen LogP contribution in [0.4, 0.5) is 0 Å². The van der Waals surface area contributed by atoms with E-state index < -0.39 is 5.60 Å². The van der Waals surface area contributed by atoms with Gasteiger partial charge in [0.25, 0.3) is 5.91 Å². The normalized spacial score (nSPS) is 25.4. The molecule has 2 bridgehead atoms. The molecule has 1 N–H and O–H groups in total. The Balaban J connectivity index is 1.63. The van der Waals surface area contributed by atoms with E-state index in [1.807, 2.05) is 31.2 Å². The summed E-state index contributed by atoms with van der Waals surface area (Å²) in [5.74, 6) is -0.677. The van der Waals surface area contributed by atoms with Gasteiger partial charge in [0, 0.05) is 22.9 Å². The van der Waals surface area contributed by atoms with Gasteiger partial charge in [-0.25, -0.2) is 4.79 Å². The largest absolute Gasteiger partial charge is 0.464 e. The lowest BCUT2D eigenvalue weighted by Gasteiger charge is -2.32. The Morgan fingerprint density at radius 1 is 1.18 bits per heavy atom. The SMILES string of the molecule is CCOC(=O)C12CCC(O1)n1c3ccccc3c3c4c(c5c(c31)C2c1ccccc1-5)C(=O)NC4. The van der Waals surface area contributed by atoms with Crippen molar-refractivity contribution in [2.24, 2.45) is 0 Å². The third kappa shape index (κ3) is 1.91. The van der Waals surface area contributed by atoms with Gasteiger partial charge in [-0.1, -0.05) is 42.5 Å². The molecule has 0 radical (unpaired) electrons. The Kier molecular flexibility index (Phi) is 3.35. The first kappa shape index (κ1) is 18.7. The zero-order valence-electron chi connectivity index (χ0n) is 18.7. The molecule has 3 aromatic carbocycles. The van der Waals surface area contributed by atoms with Gasteiger partial charge in [0.05, 0.1) is 29.1 Å². The van der Waals surface area contributed by atoms with Gasteiger partial charge in [0.15, 0.2) is 5.60 Å². The number of fused-ring (bicyclic) bond motifs is 13. The van der Waals surface area contributed by atoms with E-state index in [2.05, 4.69) is 34.1 Å². The van der Waals surface area contributed by atoms with E-state index in [1.165, 1.54) is 0 Å². The smallest absolute Gasteiger partial charge is 0.339 e. The second-order valence-electron chi connectivity index (χ2n) is 9.68. The maximum Gasteiger partial charge on any atom is 0.339 e. The lowest BCUT2D eigenvalue weighted by molar-refractivity contribution is -0.175. The van der Waals surface area contributed by atoms with E-state index in [9.17, 15) is 9.59 Å². The fourth-order valence-corrected chi connectivity index (χ4v) is 7.14. The average Bonchev–Trinajstić information content (AvgIpc) is 3.58. The molecule has 3 atom stereocenters. The number of esters is 1. The van der Waals surface area contributed by atoms with Gasteiger partial charge in [-0.05, 0) is 48.1 Å². The van der Waals surface area contributed by atoms with Crippen LogP contribution in [0.15, 0.2) is 48.5 Å². The zero-order chi connectivity index (χ0) is 22.8. The number of nitrogens with zero attached hydrogens (tertiary/aromatic N) is 1. The third-order valence-electron chi connectivity index (χ3n) is 8.26. The van der Waals surface area contributed by atoms with Crippen molar-refractivity contribution in [3.8, 4) is 11.1 Å². The van der Waals surface area contributed by atoms with Gasteiger partial charge < -0.3 is 19.4 Å². The van der Waals surface area contributed by atoms with E-state index in [-0.39, 0.29) is 24.0 Å². The molecular formula is C28H22N2O4. The van der Waals surface area contributed by atoms with Crippen LogP contribution in [0.2, 0.25) is 0 Å². The number of rotatable bonds is 2. The van der Waals surface area contributed by atoms with Crippen LogP contribution in [-0.4, -0.2) is 28.7 Å². The number of nitrogens with one attached hydrogen (secondary N) is 1. The molecule has 0 saturated carbocycles. The third-order valence-corrected chi connectivity index (χ3v) is 8.26. The second-order valence-corrected chi connectivity index (χ2v) is 9.68. The summed E-state index contributed by atoms with van der Waals surface area (Å²) in [4.78, 5) is 26.9. The van der Waals surface area contributed by atoms with E-state index in [0.717, 1.165) is 61.6 Å². The minimum atomic E-state index is -1.11. The van der Waals surface area contributed by atoms with Gasteiger partial charge in [-0.15, -0.1) is 0 Å². The van der Waals surface area contributed by atoms with Crippen LogP contribution in [0.1, 0.15) is 59.0 Å².